The first kappa shape index (κ1) is 19.9. The number of amides is 2. The van der Waals surface area contributed by atoms with E-state index >= 15 is 0 Å². The molecule has 26 heavy (non-hydrogen) atoms. The summed E-state index contributed by atoms with van der Waals surface area (Å²) in [6, 6.07) is 12.2. The molecule has 0 fully saturated rings. The highest BCUT2D eigenvalue weighted by Gasteiger charge is 2.11. The van der Waals surface area contributed by atoms with Gasteiger partial charge in [-0.1, -0.05) is 11.6 Å². The van der Waals surface area contributed by atoms with Crippen molar-refractivity contribution in [3.05, 3.63) is 59.1 Å². The topological polar surface area (TPSA) is 104 Å². The van der Waals surface area contributed by atoms with Crippen molar-refractivity contribution in [2.75, 3.05) is 18.9 Å². The molecule has 2 aromatic carbocycles. The van der Waals surface area contributed by atoms with Crippen LogP contribution in [0.15, 0.2) is 53.4 Å². The summed E-state index contributed by atoms with van der Waals surface area (Å²) in [5.41, 5.74) is 0.922. The Bertz CT molecular complexity index is 881. The number of rotatable bonds is 7. The van der Waals surface area contributed by atoms with Gasteiger partial charge in [0.1, 0.15) is 0 Å². The molecule has 0 heterocycles. The van der Waals surface area contributed by atoms with Gasteiger partial charge in [-0.05, 0) is 55.6 Å². The maximum Gasteiger partial charge on any atom is 0.251 e. The summed E-state index contributed by atoms with van der Waals surface area (Å²) in [7, 11) is -2.19. The average molecular weight is 396 g/mol. The van der Waals surface area contributed by atoms with Crippen LogP contribution in [0.4, 0.5) is 5.69 Å². The number of hydrogen-bond donors (Lipinski definition) is 3. The zero-order valence-electron chi connectivity index (χ0n) is 14.0. The number of benzene rings is 2. The van der Waals surface area contributed by atoms with Gasteiger partial charge in [-0.3, -0.25) is 9.59 Å². The predicted molar refractivity (Wildman–Crippen MR) is 99.7 cm³/mol. The van der Waals surface area contributed by atoms with E-state index in [1.165, 1.54) is 31.3 Å². The van der Waals surface area contributed by atoms with Crippen LogP contribution >= 0.6 is 11.6 Å². The van der Waals surface area contributed by atoms with Crippen LogP contribution in [0.1, 0.15) is 16.8 Å². The Morgan fingerprint density at radius 2 is 1.62 bits per heavy atom. The fourth-order valence-corrected chi connectivity index (χ4v) is 2.91. The lowest BCUT2D eigenvalue weighted by Crippen LogP contribution is -2.27. The number of carbonyl (C=O) groups excluding carboxylic acids is 2. The van der Waals surface area contributed by atoms with Crippen molar-refractivity contribution in [3.63, 3.8) is 0 Å². The molecule has 0 saturated heterocycles. The van der Waals surface area contributed by atoms with Crippen LogP contribution < -0.4 is 15.4 Å². The Hall–Kier alpha value is -2.42. The van der Waals surface area contributed by atoms with Crippen LogP contribution in [-0.2, 0) is 14.8 Å². The van der Waals surface area contributed by atoms with Crippen LogP contribution in [0.2, 0.25) is 5.02 Å². The van der Waals surface area contributed by atoms with Crippen LogP contribution in [0.3, 0.4) is 0 Å². The van der Waals surface area contributed by atoms with Crippen LogP contribution in [-0.4, -0.2) is 33.8 Å². The fraction of sp³-hybridized carbons (Fsp3) is 0.176. The summed E-state index contributed by atoms with van der Waals surface area (Å²) in [5.74, 6) is -0.596. The van der Waals surface area contributed by atoms with E-state index in [2.05, 4.69) is 15.4 Å². The number of anilines is 1. The van der Waals surface area contributed by atoms with E-state index in [0.717, 1.165) is 0 Å². The van der Waals surface area contributed by atoms with E-state index in [1.54, 1.807) is 24.3 Å². The van der Waals surface area contributed by atoms with Gasteiger partial charge in [-0.15, -0.1) is 0 Å². The second-order valence-electron chi connectivity index (χ2n) is 5.29. The third-order valence-electron chi connectivity index (χ3n) is 3.46. The molecule has 2 aromatic rings. The van der Waals surface area contributed by atoms with Gasteiger partial charge in [0, 0.05) is 29.2 Å². The highest BCUT2D eigenvalue weighted by Crippen LogP contribution is 2.14. The zero-order chi connectivity index (χ0) is 19.2. The minimum absolute atomic E-state index is 0.0793. The molecule has 7 nitrogen and oxygen atoms in total. The first-order valence-electron chi connectivity index (χ1n) is 7.69. The third-order valence-corrected chi connectivity index (χ3v) is 5.14. The SMILES string of the molecule is CNS(=O)(=O)c1ccc(NC(=O)CCNC(=O)c2ccc(Cl)cc2)cc1. The molecule has 0 aliphatic heterocycles. The number of halogens is 1. The molecule has 0 aliphatic rings. The van der Waals surface area contributed by atoms with Crippen molar-refractivity contribution < 1.29 is 18.0 Å². The van der Waals surface area contributed by atoms with Crippen LogP contribution in [0.25, 0.3) is 0 Å². The summed E-state index contributed by atoms with van der Waals surface area (Å²) in [6.07, 6.45) is 0.0793. The molecule has 0 aromatic heterocycles. The molecule has 138 valence electrons. The van der Waals surface area contributed by atoms with E-state index in [4.69, 9.17) is 11.6 Å². The first-order chi connectivity index (χ1) is 12.3. The highest BCUT2D eigenvalue weighted by atomic mass is 35.5. The second-order valence-corrected chi connectivity index (χ2v) is 7.62. The molecule has 0 aliphatic carbocycles. The second kappa shape index (κ2) is 8.79. The third kappa shape index (κ3) is 5.55. The molecule has 0 atom stereocenters. The van der Waals surface area contributed by atoms with Crippen LogP contribution in [0, 0.1) is 0 Å². The van der Waals surface area contributed by atoms with Gasteiger partial charge in [-0.2, -0.15) is 0 Å². The van der Waals surface area contributed by atoms with Gasteiger partial charge in [0.25, 0.3) is 5.91 Å². The summed E-state index contributed by atoms with van der Waals surface area (Å²) in [4.78, 5) is 23.9. The Balaban J connectivity index is 1.81. The van der Waals surface area contributed by atoms with Crippen molar-refractivity contribution in [3.8, 4) is 0 Å². The lowest BCUT2D eigenvalue weighted by atomic mass is 10.2. The molecular weight excluding hydrogens is 378 g/mol. The summed E-state index contributed by atoms with van der Waals surface area (Å²) in [6.45, 7) is 0.166. The Labute approximate surface area is 156 Å². The number of nitrogens with one attached hydrogen (secondary N) is 3. The zero-order valence-corrected chi connectivity index (χ0v) is 15.5. The standard InChI is InChI=1S/C17H18ClN3O4S/c1-19-26(24,25)15-8-6-14(7-9-15)21-16(22)10-11-20-17(23)12-2-4-13(18)5-3-12/h2-9,19H,10-11H2,1H3,(H,20,23)(H,21,22). The van der Waals surface area contributed by atoms with Crippen molar-refractivity contribution in [2.24, 2.45) is 0 Å². The van der Waals surface area contributed by atoms with E-state index in [1.807, 2.05) is 0 Å². The molecule has 0 bridgehead atoms. The monoisotopic (exact) mass is 395 g/mol. The minimum atomic E-state index is -3.51. The van der Waals surface area contributed by atoms with Gasteiger partial charge in [-0.25, -0.2) is 13.1 Å². The molecule has 2 amide bonds. The smallest absolute Gasteiger partial charge is 0.251 e. The molecule has 0 unspecified atom stereocenters. The Kier molecular flexibility index (Phi) is 6.73. The van der Waals surface area contributed by atoms with Crippen molar-refractivity contribution in [2.45, 2.75) is 11.3 Å². The molecule has 9 heteroatoms. The predicted octanol–water partition coefficient (Wildman–Crippen LogP) is 2.01. The molecule has 0 spiro atoms. The lowest BCUT2D eigenvalue weighted by Gasteiger charge is -2.08. The van der Waals surface area contributed by atoms with E-state index in [9.17, 15) is 18.0 Å². The van der Waals surface area contributed by atoms with Crippen LogP contribution in [0.5, 0.6) is 0 Å². The summed E-state index contributed by atoms with van der Waals surface area (Å²) >= 11 is 5.76. The largest absolute Gasteiger partial charge is 0.352 e. The maximum atomic E-state index is 11.9. The van der Waals surface area contributed by atoms with Gasteiger partial charge in [0.15, 0.2) is 0 Å². The number of carbonyl (C=O) groups is 2. The molecule has 0 saturated carbocycles. The molecule has 0 radical (unpaired) electrons. The molecular formula is C17H18ClN3O4S. The van der Waals surface area contributed by atoms with Crippen molar-refractivity contribution in [1.82, 2.24) is 10.0 Å². The average Bonchev–Trinajstić information content (AvgIpc) is 2.62. The quantitative estimate of drug-likeness (QED) is 0.666. The number of hydrogen-bond acceptors (Lipinski definition) is 4. The Morgan fingerprint density at radius 3 is 2.19 bits per heavy atom. The highest BCUT2D eigenvalue weighted by molar-refractivity contribution is 7.89. The maximum absolute atomic E-state index is 11.9. The van der Waals surface area contributed by atoms with Crippen molar-refractivity contribution >= 4 is 39.1 Å². The van der Waals surface area contributed by atoms with Gasteiger partial charge in [0.2, 0.25) is 15.9 Å². The van der Waals surface area contributed by atoms with Gasteiger partial charge in [0.05, 0.1) is 4.90 Å². The fourth-order valence-electron chi connectivity index (χ4n) is 2.05. The van der Waals surface area contributed by atoms with E-state index < -0.39 is 10.0 Å². The summed E-state index contributed by atoms with van der Waals surface area (Å²) in [5, 5.41) is 5.81. The van der Waals surface area contributed by atoms with E-state index in [0.29, 0.717) is 16.3 Å². The van der Waals surface area contributed by atoms with Crippen molar-refractivity contribution in [1.29, 1.82) is 0 Å². The summed E-state index contributed by atoms with van der Waals surface area (Å²) < 4.78 is 25.5. The molecule has 2 rings (SSSR count). The van der Waals surface area contributed by atoms with E-state index in [-0.39, 0.29) is 29.7 Å². The normalized spacial score (nSPS) is 11.0. The minimum Gasteiger partial charge on any atom is -0.352 e. The number of sulfonamides is 1. The molecule has 3 N–H and O–H groups in total. The Morgan fingerprint density at radius 1 is 1.00 bits per heavy atom. The lowest BCUT2D eigenvalue weighted by molar-refractivity contribution is -0.116. The van der Waals surface area contributed by atoms with Gasteiger partial charge >= 0.3 is 0 Å². The van der Waals surface area contributed by atoms with Gasteiger partial charge < -0.3 is 10.6 Å². The first-order valence-corrected chi connectivity index (χ1v) is 9.55.